The Morgan fingerprint density at radius 1 is 1.18 bits per heavy atom. The summed E-state index contributed by atoms with van der Waals surface area (Å²) in [5.41, 5.74) is 8.10. The number of rotatable bonds is 3. The number of carbonyl (C=O) groups is 1. The van der Waals surface area contributed by atoms with Gasteiger partial charge < -0.3 is 5.73 Å². The summed E-state index contributed by atoms with van der Waals surface area (Å²) in [6.07, 6.45) is 0. The molecule has 1 heterocycles. The Balaban J connectivity index is 2.08. The van der Waals surface area contributed by atoms with Gasteiger partial charge in [-0.15, -0.1) is 0 Å². The van der Waals surface area contributed by atoms with E-state index in [0.29, 0.717) is 27.5 Å². The minimum atomic E-state index is -0.580. The zero-order chi connectivity index (χ0) is 15.7. The topological polar surface area (TPSA) is 71.8 Å². The summed E-state index contributed by atoms with van der Waals surface area (Å²) in [5.74, 6) is -0.894. The van der Waals surface area contributed by atoms with Crippen molar-refractivity contribution in [3.8, 4) is 22.5 Å². The molecule has 1 aromatic heterocycles. The second kappa shape index (κ2) is 5.61. The van der Waals surface area contributed by atoms with Gasteiger partial charge in [0.2, 0.25) is 5.91 Å². The summed E-state index contributed by atoms with van der Waals surface area (Å²) in [7, 11) is 0. The molecule has 0 fully saturated rings. The number of amides is 1. The third kappa shape index (κ3) is 2.58. The molecule has 0 bridgehead atoms. The van der Waals surface area contributed by atoms with Crippen LogP contribution in [0.5, 0.6) is 0 Å². The Morgan fingerprint density at radius 2 is 1.91 bits per heavy atom. The largest absolute Gasteiger partial charge is 0.366 e. The van der Waals surface area contributed by atoms with E-state index < -0.39 is 5.91 Å². The van der Waals surface area contributed by atoms with Crippen LogP contribution in [0.4, 0.5) is 4.39 Å². The molecule has 22 heavy (non-hydrogen) atoms. The van der Waals surface area contributed by atoms with Crippen molar-refractivity contribution >= 4 is 17.5 Å². The van der Waals surface area contributed by atoms with Gasteiger partial charge in [0.25, 0.3) is 0 Å². The molecule has 0 saturated heterocycles. The number of benzene rings is 2. The number of aromatic amines is 1. The van der Waals surface area contributed by atoms with Gasteiger partial charge in [0.05, 0.1) is 22.0 Å². The Hall–Kier alpha value is -2.66. The van der Waals surface area contributed by atoms with E-state index in [4.69, 9.17) is 17.3 Å². The molecule has 0 aliphatic heterocycles. The number of primary amides is 1. The van der Waals surface area contributed by atoms with Crippen LogP contribution in [0.2, 0.25) is 5.02 Å². The fourth-order valence-electron chi connectivity index (χ4n) is 2.22. The Morgan fingerprint density at radius 3 is 2.59 bits per heavy atom. The average molecular weight is 316 g/mol. The highest BCUT2D eigenvalue weighted by Crippen LogP contribution is 2.32. The lowest BCUT2D eigenvalue weighted by atomic mass is 10.0. The van der Waals surface area contributed by atoms with Crippen LogP contribution in [0.3, 0.4) is 0 Å². The molecular weight excluding hydrogens is 305 g/mol. The zero-order valence-electron chi connectivity index (χ0n) is 11.3. The van der Waals surface area contributed by atoms with Gasteiger partial charge in [-0.1, -0.05) is 17.7 Å². The molecule has 3 rings (SSSR count). The van der Waals surface area contributed by atoms with E-state index in [1.54, 1.807) is 36.4 Å². The number of nitrogens with zero attached hydrogens (tertiary/aromatic N) is 1. The third-order valence-corrected chi connectivity index (χ3v) is 3.58. The lowest BCUT2D eigenvalue weighted by Crippen LogP contribution is -2.12. The van der Waals surface area contributed by atoms with Crippen molar-refractivity contribution in [3.63, 3.8) is 0 Å². The molecule has 3 N–H and O–H groups in total. The average Bonchev–Trinajstić information content (AvgIpc) is 2.97. The number of hydrogen-bond donors (Lipinski definition) is 2. The molecule has 110 valence electrons. The van der Waals surface area contributed by atoms with Crippen LogP contribution in [0.1, 0.15) is 10.4 Å². The molecule has 0 aliphatic carbocycles. The first-order chi connectivity index (χ1) is 10.6. The van der Waals surface area contributed by atoms with Crippen LogP contribution >= 0.6 is 11.6 Å². The van der Waals surface area contributed by atoms with Crippen LogP contribution in [-0.4, -0.2) is 16.1 Å². The minimum Gasteiger partial charge on any atom is -0.366 e. The Bertz CT molecular complexity index is 843. The number of hydrogen-bond acceptors (Lipinski definition) is 2. The van der Waals surface area contributed by atoms with Gasteiger partial charge in [0, 0.05) is 5.56 Å². The summed E-state index contributed by atoms with van der Waals surface area (Å²) >= 11 is 6.17. The molecular formula is C16H11ClFN3O. The standard InChI is InChI=1S/C16H11ClFN3O/c17-12-3-1-2-11(16(19)22)15(12)14-8-13(20-21-14)9-4-6-10(18)7-5-9/h1-8H,(H2,19,22)(H,20,21). The van der Waals surface area contributed by atoms with E-state index in [9.17, 15) is 9.18 Å². The van der Waals surface area contributed by atoms with Gasteiger partial charge in [-0.25, -0.2) is 4.39 Å². The summed E-state index contributed by atoms with van der Waals surface area (Å²) in [6.45, 7) is 0. The summed E-state index contributed by atoms with van der Waals surface area (Å²) in [6, 6.07) is 12.6. The van der Waals surface area contributed by atoms with E-state index in [1.807, 2.05) is 0 Å². The van der Waals surface area contributed by atoms with E-state index in [1.165, 1.54) is 12.1 Å². The number of nitrogens with two attached hydrogens (primary N) is 1. The number of halogens is 2. The molecule has 0 radical (unpaired) electrons. The first-order valence-corrected chi connectivity index (χ1v) is 6.84. The molecule has 0 atom stereocenters. The number of aromatic nitrogens is 2. The van der Waals surface area contributed by atoms with Crippen molar-refractivity contribution in [2.75, 3.05) is 0 Å². The smallest absolute Gasteiger partial charge is 0.249 e. The van der Waals surface area contributed by atoms with Crippen molar-refractivity contribution in [1.82, 2.24) is 10.2 Å². The van der Waals surface area contributed by atoms with Gasteiger partial charge >= 0.3 is 0 Å². The maximum atomic E-state index is 13.0. The van der Waals surface area contributed by atoms with Gasteiger partial charge in [0.15, 0.2) is 0 Å². The first kappa shape index (κ1) is 14.3. The highest BCUT2D eigenvalue weighted by molar-refractivity contribution is 6.34. The lowest BCUT2D eigenvalue weighted by Gasteiger charge is -2.05. The maximum Gasteiger partial charge on any atom is 0.249 e. The van der Waals surface area contributed by atoms with Crippen LogP contribution in [0.25, 0.3) is 22.5 Å². The predicted molar refractivity (Wildman–Crippen MR) is 82.9 cm³/mol. The summed E-state index contributed by atoms with van der Waals surface area (Å²) in [5, 5.41) is 7.41. The maximum absolute atomic E-state index is 13.0. The highest BCUT2D eigenvalue weighted by Gasteiger charge is 2.16. The lowest BCUT2D eigenvalue weighted by molar-refractivity contribution is 0.100. The molecule has 3 aromatic rings. The number of H-pyrrole nitrogens is 1. The molecule has 6 heteroatoms. The Kier molecular flexibility index (Phi) is 3.65. The molecule has 0 unspecified atom stereocenters. The third-order valence-electron chi connectivity index (χ3n) is 3.27. The molecule has 0 spiro atoms. The highest BCUT2D eigenvalue weighted by atomic mass is 35.5. The van der Waals surface area contributed by atoms with Crippen LogP contribution in [0, 0.1) is 5.82 Å². The van der Waals surface area contributed by atoms with Crippen molar-refractivity contribution in [2.24, 2.45) is 5.73 Å². The second-order valence-electron chi connectivity index (χ2n) is 4.70. The van der Waals surface area contributed by atoms with Gasteiger partial charge in [-0.05, 0) is 48.0 Å². The molecule has 0 saturated carbocycles. The second-order valence-corrected chi connectivity index (χ2v) is 5.11. The van der Waals surface area contributed by atoms with Crippen molar-refractivity contribution in [1.29, 1.82) is 0 Å². The van der Waals surface area contributed by atoms with E-state index >= 15 is 0 Å². The van der Waals surface area contributed by atoms with Crippen LogP contribution in [0.15, 0.2) is 48.5 Å². The molecule has 4 nitrogen and oxygen atoms in total. The summed E-state index contributed by atoms with van der Waals surface area (Å²) < 4.78 is 13.0. The Labute approximate surface area is 130 Å². The first-order valence-electron chi connectivity index (χ1n) is 6.46. The van der Waals surface area contributed by atoms with Crippen molar-refractivity contribution in [2.45, 2.75) is 0 Å². The van der Waals surface area contributed by atoms with Gasteiger partial charge in [-0.3, -0.25) is 9.89 Å². The molecule has 1 amide bonds. The fourth-order valence-corrected chi connectivity index (χ4v) is 2.49. The normalized spacial score (nSPS) is 10.6. The van der Waals surface area contributed by atoms with E-state index in [-0.39, 0.29) is 5.82 Å². The SMILES string of the molecule is NC(=O)c1cccc(Cl)c1-c1cc(-c2ccc(F)cc2)[nH]n1. The zero-order valence-corrected chi connectivity index (χ0v) is 12.1. The van der Waals surface area contributed by atoms with Gasteiger partial charge in [-0.2, -0.15) is 5.10 Å². The van der Waals surface area contributed by atoms with E-state index in [2.05, 4.69) is 10.2 Å². The molecule has 0 aliphatic rings. The van der Waals surface area contributed by atoms with Crippen molar-refractivity contribution < 1.29 is 9.18 Å². The summed E-state index contributed by atoms with van der Waals surface area (Å²) in [4.78, 5) is 11.5. The monoisotopic (exact) mass is 315 g/mol. The minimum absolute atomic E-state index is 0.296. The number of nitrogens with one attached hydrogen (secondary N) is 1. The van der Waals surface area contributed by atoms with Crippen LogP contribution < -0.4 is 5.73 Å². The predicted octanol–water partition coefficient (Wildman–Crippen LogP) is 3.64. The van der Waals surface area contributed by atoms with Crippen molar-refractivity contribution in [3.05, 3.63) is 64.9 Å². The quantitative estimate of drug-likeness (QED) is 0.774. The molecule has 2 aromatic carbocycles. The number of carbonyl (C=O) groups excluding carboxylic acids is 1. The van der Waals surface area contributed by atoms with Gasteiger partial charge in [0.1, 0.15) is 5.82 Å². The van der Waals surface area contributed by atoms with E-state index in [0.717, 1.165) is 5.56 Å². The van der Waals surface area contributed by atoms with Crippen LogP contribution in [-0.2, 0) is 0 Å². The fraction of sp³-hybridized carbons (Fsp3) is 0.